The number of hydrogen-bond acceptors (Lipinski definition) is 5. The average molecular weight is 486 g/mol. The fraction of sp³-hybridized carbons (Fsp3) is 0.462. The van der Waals surface area contributed by atoms with E-state index in [9.17, 15) is 19.1 Å². The van der Waals surface area contributed by atoms with Crippen molar-refractivity contribution < 1.29 is 28.6 Å². The molecule has 2 fully saturated rings. The molecule has 0 bridgehead atoms. The van der Waals surface area contributed by atoms with Crippen LogP contribution in [-0.4, -0.2) is 66.1 Å². The Morgan fingerprint density at radius 1 is 1.14 bits per heavy atom. The number of aliphatic hydroxyl groups is 1. The van der Waals surface area contributed by atoms with Gasteiger partial charge in [-0.25, -0.2) is 9.18 Å². The fourth-order valence-corrected chi connectivity index (χ4v) is 4.67. The van der Waals surface area contributed by atoms with Gasteiger partial charge in [-0.3, -0.25) is 4.79 Å². The van der Waals surface area contributed by atoms with Crippen molar-refractivity contribution in [3.8, 4) is 0 Å². The standard InChI is InChI=1S/C26H32FN3O5/c1-17(18-6-3-2-4-7-18)28-25(32)13-22-10-11-23-24(35-22)16-34-15-21(31)14-30(23)26(33)29-20-9-5-8-19(27)12-20/h2-9,12,17,21-24,31H,10-11,13-16H2,1H3,(H,28,32)(H,29,33)/t17-,21+,22+,23+,24-/m0/s1. The van der Waals surface area contributed by atoms with Crippen LogP contribution in [0.3, 0.4) is 0 Å². The van der Waals surface area contributed by atoms with Crippen LogP contribution in [0.5, 0.6) is 0 Å². The predicted molar refractivity (Wildman–Crippen MR) is 128 cm³/mol. The Morgan fingerprint density at radius 2 is 1.94 bits per heavy atom. The first kappa shape index (κ1) is 25.1. The molecule has 2 heterocycles. The quantitative estimate of drug-likeness (QED) is 0.604. The van der Waals surface area contributed by atoms with Gasteiger partial charge in [0.25, 0.3) is 0 Å². The first-order valence-electron chi connectivity index (χ1n) is 12.0. The smallest absolute Gasteiger partial charge is 0.322 e. The van der Waals surface area contributed by atoms with Crippen molar-refractivity contribution in [2.75, 3.05) is 25.1 Å². The van der Waals surface area contributed by atoms with Crippen molar-refractivity contribution in [2.45, 2.75) is 56.6 Å². The maximum Gasteiger partial charge on any atom is 0.322 e. The second kappa shape index (κ2) is 11.6. The highest BCUT2D eigenvalue weighted by molar-refractivity contribution is 5.89. The van der Waals surface area contributed by atoms with Crippen LogP contribution in [0, 0.1) is 5.82 Å². The van der Waals surface area contributed by atoms with E-state index in [1.807, 2.05) is 37.3 Å². The van der Waals surface area contributed by atoms with Crippen LogP contribution in [0.2, 0.25) is 0 Å². The van der Waals surface area contributed by atoms with Crippen LogP contribution in [0.4, 0.5) is 14.9 Å². The lowest BCUT2D eigenvalue weighted by molar-refractivity contribution is -0.150. The number of halogens is 1. The number of hydrogen-bond donors (Lipinski definition) is 3. The lowest BCUT2D eigenvalue weighted by atomic mass is 9.94. The summed E-state index contributed by atoms with van der Waals surface area (Å²) in [6.45, 7) is 2.26. The first-order chi connectivity index (χ1) is 16.9. The first-order valence-corrected chi connectivity index (χ1v) is 12.0. The van der Waals surface area contributed by atoms with E-state index in [1.54, 1.807) is 6.07 Å². The van der Waals surface area contributed by atoms with Gasteiger partial charge in [0.15, 0.2) is 0 Å². The molecule has 2 aliphatic heterocycles. The van der Waals surface area contributed by atoms with Crippen molar-refractivity contribution in [1.29, 1.82) is 0 Å². The van der Waals surface area contributed by atoms with E-state index in [4.69, 9.17) is 9.47 Å². The third-order valence-electron chi connectivity index (χ3n) is 6.41. The van der Waals surface area contributed by atoms with Gasteiger partial charge >= 0.3 is 6.03 Å². The minimum atomic E-state index is -0.850. The maximum atomic E-state index is 13.6. The number of nitrogens with one attached hydrogen (secondary N) is 2. The highest BCUT2D eigenvalue weighted by atomic mass is 19.1. The van der Waals surface area contributed by atoms with E-state index in [1.165, 1.54) is 23.1 Å². The lowest BCUT2D eigenvalue weighted by Crippen LogP contribution is -2.58. The molecule has 5 atom stereocenters. The predicted octanol–water partition coefficient (Wildman–Crippen LogP) is 3.23. The molecule has 0 radical (unpaired) electrons. The zero-order valence-electron chi connectivity index (χ0n) is 19.7. The SMILES string of the molecule is C[C@H](NC(=O)C[C@H]1CC[C@@H]2[C@H](COC[C@H](O)CN2C(=O)Nc2cccc(F)c2)O1)c1ccccc1. The molecule has 0 unspecified atom stereocenters. The molecule has 0 aliphatic carbocycles. The van der Waals surface area contributed by atoms with Gasteiger partial charge < -0.3 is 30.1 Å². The number of nitrogens with zero attached hydrogens (tertiary/aromatic N) is 1. The Labute approximate surface area is 204 Å². The normalized spacial score (nSPS) is 25.5. The second-order valence-corrected chi connectivity index (χ2v) is 9.13. The average Bonchev–Trinajstić information content (AvgIpc) is 2.82. The summed E-state index contributed by atoms with van der Waals surface area (Å²) in [5, 5.41) is 16.0. The van der Waals surface area contributed by atoms with Crippen LogP contribution in [0.1, 0.15) is 37.8 Å². The minimum absolute atomic E-state index is 0.0609. The summed E-state index contributed by atoms with van der Waals surface area (Å²) in [5.41, 5.74) is 1.36. The lowest BCUT2D eigenvalue weighted by Gasteiger charge is -2.44. The molecule has 9 heteroatoms. The highest BCUT2D eigenvalue weighted by Crippen LogP contribution is 2.28. The maximum absolute atomic E-state index is 13.6. The number of fused-ring (bicyclic) bond motifs is 1. The molecule has 35 heavy (non-hydrogen) atoms. The molecule has 2 aromatic rings. The molecule has 2 aliphatic rings. The number of β-amino-alcohol motifs (C(OH)–C–C–N with tert-alkyl or cyclic N) is 1. The number of benzene rings is 2. The summed E-state index contributed by atoms with van der Waals surface area (Å²) in [4.78, 5) is 27.3. The van der Waals surface area contributed by atoms with Gasteiger partial charge in [-0.2, -0.15) is 0 Å². The molecule has 3 N–H and O–H groups in total. The fourth-order valence-electron chi connectivity index (χ4n) is 4.67. The Balaban J connectivity index is 1.38. The number of carbonyl (C=O) groups excluding carboxylic acids is 2. The molecule has 8 nitrogen and oxygen atoms in total. The largest absolute Gasteiger partial charge is 0.389 e. The topological polar surface area (TPSA) is 100 Å². The van der Waals surface area contributed by atoms with Crippen molar-refractivity contribution in [2.24, 2.45) is 0 Å². The third-order valence-corrected chi connectivity index (χ3v) is 6.41. The number of anilines is 1. The Bertz CT molecular complexity index is 1010. The molecule has 2 aromatic carbocycles. The molecule has 188 valence electrons. The highest BCUT2D eigenvalue weighted by Gasteiger charge is 2.40. The van der Waals surface area contributed by atoms with Gasteiger partial charge in [0.2, 0.25) is 5.91 Å². The van der Waals surface area contributed by atoms with Crippen molar-refractivity contribution in [3.63, 3.8) is 0 Å². The van der Waals surface area contributed by atoms with Crippen molar-refractivity contribution >= 4 is 17.6 Å². The molecular formula is C26H32FN3O5. The Morgan fingerprint density at radius 3 is 2.71 bits per heavy atom. The second-order valence-electron chi connectivity index (χ2n) is 9.13. The van der Waals surface area contributed by atoms with Gasteiger partial charge in [-0.15, -0.1) is 0 Å². The summed E-state index contributed by atoms with van der Waals surface area (Å²) < 4.78 is 25.4. The number of carbonyl (C=O) groups is 2. The number of aliphatic hydroxyl groups excluding tert-OH is 1. The van der Waals surface area contributed by atoms with Crippen LogP contribution < -0.4 is 10.6 Å². The van der Waals surface area contributed by atoms with Crippen LogP contribution in [-0.2, 0) is 14.3 Å². The van der Waals surface area contributed by atoms with Gasteiger partial charge in [0.05, 0.1) is 50.5 Å². The monoisotopic (exact) mass is 485 g/mol. The molecule has 3 amide bonds. The van der Waals surface area contributed by atoms with E-state index in [-0.39, 0.29) is 50.3 Å². The number of rotatable bonds is 5. The zero-order valence-corrected chi connectivity index (χ0v) is 19.7. The van der Waals surface area contributed by atoms with E-state index in [0.29, 0.717) is 18.5 Å². The van der Waals surface area contributed by atoms with Crippen molar-refractivity contribution in [1.82, 2.24) is 10.2 Å². The molecular weight excluding hydrogens is 453 g/mol. The summed E-state index contributed by atoms with van der Waals surface area (Å²) in [6, 6.07) is 14.5. The molecule has 0 aromatic heterocycles. The van der Waals surface area contributed by atoms with E-state index in [0.717, 1.165) is 5.56 Å². The van der Waals surface area contributed by atoms with E-state index in [2.05, 4.69) is 10.6 Å². The minimum Gasteiger partial charge on any atom is -0.389 e. The molecule has 4 rings (SSSR count). The summed E-state index contributed by atoms with van der Waals surface area (Å²) in [6.07, 6.45) is -0.229. The number of urea groups is 1. The molecule has 0 saturated carbocycles. The Kier molecular flexibility index (Phi) is 8.33. The van der Waals surface area contributed by atoms with Crippen LogP contribution in [0.15, 0.2) is 54.6 Å². The zero-order chi connectivity index (χ0) is 24.8. The molecule has 0 spiro atoms. The summed E-state index contributed by atoms with van der Waals surface area (Å²) >= 11 is 0. The number of amides is 3. The van der Waals surface area contributed by atoms with Crippen LogP contribution in [0.25, 0.3) is 0 Å². The van der Waals surface area contributed by atoms with Gasteiger partial charge in [-0.05, 0) is 43.5 Å². The summed E-state index contributed by atoms with van der Waals surface area (Å²) in [7, 11) is 0. The van der Waals surface area contributed by atoms with Crippen LogP contribution >= 0.6 is 0 Å². The Hall–Kier alpha value is -3.01. The van der Waals surface area contributed by atoms with Gasteiger partial charge in [-0.1, -0.05) is 36.4 Å². The van der Waals surface area contributed by atoms with Gasteiger partial charge in [0.1, 0.15) is 11.9 Å². The van der Waals surface area contributed by atoms with Crippen molar-refractivity contribution in [3.05, 3.63) is 66.0 Å². The third kappa shape index (κ3) is 6.78. The van der Waals surface area contributed by atoms with Gasteiger partial charge in [0, 0.05) is 5.69 Å². The van der Waals surface area contributed by atoms with E-state index >= 15 is 0 Å². The number of ether oxygens (including phenoxy) is 2. The summed E-state index contributed by atoms with van der Waals surface area (Å²) in [5.74, 6) is -0.557. The van der Waals surface area contributed by atoms with E-state index < -0.39 is 24.1 Å². The molecule has 2 saturated heterocycles.